The third kappa shape index (κ3) is 7.93. The van der Waals surface area contributed by atoms with Crippen LogP contribution in [0.3, 0.4) is 0 Å². The first-order valence-electron chi connectivity index (χ1n) is 13.1. The van der Waals surface area contributed by atoms with Crippen LogP contribution < -0.4 is 14.4 Å². The minimum Gasteiger partial charge on any atom is -0.497 e. The molecule has 0 aromatic heterocycles. The van der Waals surface area contributed by atoms with Crippen LogP contribution in [0, 0.1) is 6.92 Å². The molecule has 0 saturated carbocycles. The van der Waals surface area contributed by atoms with E-state index >= 15 is 0 Å². The van der Waals surface area contributed by atoms with Gasteiger partial charge in [0, 0.05) is 28.2 Å². The number of ether oxygens (including phenoxy) is 1. The van der Waals surface area contributed by atoms with Gasteiger partial charge < -0.3 is 15.0 Å². The van der Waals surface area contributed by atoms with Gasteiger partial charge in [-0.1, -0.05) is 53.9 Å². The Labute approximate surface area is 252 Å². The molecule has 0 bridgehead atoms. The summed E-state index contributed by atoms with van der Waals surface area (Å²) in [5.41, 5.74) is 1.68. The molecule has 1 N–H and O–H groups in total. The molecule has 11 heteroatoms. The molecule has 3 aromatic rings. The topological polar surface area (TPSA) is 96.0 Å². The normalized spacial score (nSPS) is 12.1. The van der Waals surface area contributed by atoms with Gasteiger partial charge in [-0.05, 0) is 75.7 Å². The molecular formula is C30H35Cl2N3O5S. The highest BCUT2D eigenvalue weighted by atomic mass is 35.5. The van der Waals surface area contributed by atoms with Gasteiger partial charge >= 0.3 is 0 Å². The number of carbonyl (C=O) groups excluding carboxylic acids is 2. The highest BCUT2D eigenvalue weighted by Gasteiger charge is 2.34. The SMILES string of the molecule is CCC(C(=O)NC(C)C)N(Cc1c(Cl)cccc1Cl)C(=O)CN(c1ccc(C)cc1)S(=O)(=O)c1ccc(OC)cc1. The molecule has 0 aliphatic carbocycles. The summed E-state index contributed by atoms with van der Waals surface area (Å²) in [4.78, 5) is 28.7. The largest absolute Gasteiger partial charge is 0.497 e. The minimum absolute atomic E-state index is 0.0167. The molecule has 0 heterocycles. The van der Waals surface area contributed by atoms with Crippen LogP contribution in [0.5, 0.6) is 5.75 Å². The van der Waals surface area contributed by atoms with Crippen molar-refractivity contribution in [1.82, 2.24) is 10.2 Å². The maximum Gasteiger partial charge on any atom is 0.264 e. The van der Waals surface area contributed by atoms with Crippen molar-refractivity contribution in [3.8, 4) is 5.75 Å². The number of carbonyl (C=O) groups is 2. The van der Waals surface area contributed by atoms with E-state index in [4.69, 9.17) is 27.9 Å². The molecule has 1 unspecified atom stereocenters. The van der Waals surface area contributed by atoms with Gasteiger partial charge in [0.05, 0.1) is 17.7 Å². The van der Waals surface area contributed by atoms with Crippen molar-refractivity contribution in [1.29, 1.82) is 0 Å². The molecule has 1 atom stereocenters. The Morgan fingerprint density at radius 2 is 1.54 bits per heavy atom. The van der Waals surface area contributed by atoms with Crippen LogP contribution in [0.2, 0.25) is 10.0 Å². The van der Waals surface area contributed by atoms with Gasteiger partial charge in [0.2, 0.25) is 11.8 Å². The lowest BCUT2D eigenvalue weighted by Crippen LogP contribution is -2.53. The van der Waals surface area contributed by atoms with Crippen molar-refractivity contribution in [2.75, 3.05) is 18.0 Å². The van der Waals surface area contributed by atoms with E-state index in [2.05, 4.69) is 5.32 Å². The standard InChI is InChI=1S/C30H35Cl2N3O5S/c1-6-28(30(37)33-20(2)3)34(18-25-26(31)8-7-9-27(25)32)29(36)19-35(22-12-10-21(4)11-13-22)41(38,39)24-16-14-23(40-5)15-17-24/h7-17,20,28H,6,18-19H2,1-5H3,(H,33,37). The average molecular weight is 621 g/mol. The fourth-order valence-corrected chi connectivity index (χ4v) is 6.20. The highest BCUT2D eigenvalue weighted by molar-refractivity contribution is 7.92. The third-order valence-corrected chi connectivity index (χ3v) is 8.95. The first kappa shape index (κ1) is 32.2. The highest BCUT2D eigenvalue weighted by Crippen LogP contribution is 2.29. The molecule has 3 rings (SSSR count). The first-order chi connectivity index (χ1) is 19.4. The predicted molar refractivity (Wildman–Crippen MR) is 163 cm³/mol. The van der Waals surface area contributed by atoms with Gasteiger partial charge in [-0.15, -0.1) is 0 Å². The molecule has 220 valence electrons. The Bertz CT molecular complexity index is 1440. The Balaban J connectivity index is 2.10. The fourth-order valence-electron chi connectivity index (χ4n) is 4.27. The number of sulfonamides is 1. The van der Waals surface area contributed by atoms with Gasteiger partial charge in [-0.25, -0.2) is 8.42 Å². The Hall–Kier alpha value is -3.27. The second-order valence-corrected chi connectivity index (χ2v) is 12.5. The lowest BCUT2D eigenvalue weighted by atomic mass is 10.1. The summed E-state index contributed by atoms with van der Waals surface area (Å²) in [6, 6.07) is 16.6. The smallest absolute Gasteiger partial charge is 0.264 e. The number of nitrogens with zero attached hydrogens (tertiary/aromatic N) is 2. The van der Waals surface area contributed by atoms with Gasteiger partial charge in [0.1, 0.15) is 18.3 Å². The second-order valence-electron chi connectivity index (χ2n) is 9.83. The zero-order valence-electron chi connectivity index (χ0n) is 23.7. The molecular weight excluding hydrogens is 585 g/mol. The summed E-state index contributed by atoms with van der Waals surface area (Å²) in [6.45, 7) is 6.65. The second kappa shape index (κ2) is 14.1. The zero-order valence-corrected chi connectivity index (χ0v) is 26.1. The number of hydrogen-bond donors (Lipinski definition) is 1. The van der Waals surface area contributed by atoms with E-state index in [0.29, 0.717) is 27.0 Å². The minimum atomic E-state index is -4.20. The van der Waals surface area contributed by atoms with Gasteiger partial charge in [0.15, 0.2) is 0 Å². The molecule has 0 saturated heterocycles. The predicted octanol–water partition coefficient (Wildman–Crippen LogP) is 5.84. The van der Waals surface area contributed by atoms with Crippen LogP contribution in [0.15, 0.2) is 71.6 Å². The maximum absolute atomic E-state index is 14.1. The van der Waals surface area contributed by atoms with Crippen molar-refractivity contribution in [3.05, 3.63) is 87.9 Å². The van der Waals surface area contributed by atoms with E-state index in [1.54, 1.807) is 49.4 Å². The monoisotopic (exact) mass is 619 g/mol. The van der Waals surface area contributed by atoms with Crippen molar-refractivity contribution in [2.45, 2.75) is 57.6 Å². The van der Waals surface area contributed by atoms with Crippen molar-refractivity contribution >= 4 is 50.7 Å². The average Bonchev–Trinajstić information content (AvgIpc) is 2.93. The van der Waals surface area contributed by atoms with E-state index in [-0.39, 0.29) is 29.8 Å². The lowest BCUT2D eigenvalue weighted by Gasteiger charge is -2.34. The molecule has 41 heavy (non-hydrogen) atoms. The number of methoxy groups -OCH3 is 1. The van der Waals surface area contributed by atoms with Crippen LogP contribution in [-0.2, 0) is 26.2 Å². The number of anilines is 1. The van der Waals surface area contributed by atoms with E-state index in [9.17, 15) is 18.0 Å². The Morgan fingerprint density at radius 1 is 0.951 bits per heavy atom. The fraction of sp³-hybridized carbons (Fsp3) is 0.333. The van der Waals surface area contributed by atoms with Crippen LogP contribution in [-0.4, -0.2) is 50.9 Å². The van der Waals surface area contributed by atoms with E-state index in [1.807, 2.05) is 20.8 Å². The Morgan fingerprint density at radius 3 is 2.05 bits per heavy atom. The van der Waals surface area contributed by atoms with Crippen molar-refractivity contribution in [3.63, 3.8) is 0 Å². The molecule has 3 aromatic carbocycles. The summed E-state index contributed by atoms with van der Waals surface area (Å²) in [6.07, 6.45) is 0.280. The Kier molecular flexibility index (Phi) is 11.1. The molecule has 0 aliphatic heterocycles. The number of rotatable bonds is 12. The van der Waals surface area contributed by atoms with Crippen LogP contribution in [0.1, 0.15) is 38.3 Å². The molecule has 0 radical (unpaired) electrons. The van der Waals surface area contributed by atoms with Gasteiger partial charge in [-0.3, -0.25) is 13.9 Å². The number of nitrogens with one attached hydrogen (secondary N) is 1. The third-order valence-electron chi connectivity index (χ3n) is 6.46. The molecule has 0 fully saturated rings. The number of benzene rings is 3. The van der Waals surface area contributed by atoms with Crippen LogP contribution >= 0.6 is 23.2 Å². The van der Waals surface area contributed by atoms with Crippen LogP contribution in [0.25, 0.3) is 0 Å². The zero-order chi connectivity index (χ0) is 30.3. The van der Waals surface area contributed by atoms with E-state index in [0.717, 1.165) is 9.87 Å². The summed E-state index contributed by atoms with van der Waals surface area (Å²) < 4.78 is 34.1. The summed E-state index contributed by atoms with van der Waals surface area (Å²) in [7, 11) is -2.72. The molecule has 0 aliphatic rings. The number of aryl methyl sites for hydroxylation is 1. The first-order valence-corrected chi connectivity index (χ1v) is 15.3. The van der Waals surface area contributed by atoms with Crippen LogP contribution in [0.4, 0.5) is 5.69 Å². The lowest BCUT2D eigenvalue weighted by molar-refractivity contribution is -0.140. The van der Waals surface area contributed by atoms with Gasteiger partial charge in [-0.2, -0.15) is 0 Å². The van der Waals surface area contributed by atoms with Crippen molar-refractivity contribution < 1.29 is 22.7 Å². The maximum atomic E-state index is 14.1. The molecule has 2 amide bonds. The summed E-state index contributed by atoms with van der Waals surface area (Å²) >= 11 is 12.9. The van der Waals surface area contributed by atoms with E-state index < -0.39 is 28.5 Å². The van der Waals surface area contributed by atoms with E-state index in [1.165, 1.54) is 36.3 Å². The van der Waals surface area contributed by atoms with Gasteiger partial charge in [0.25, 0.3) is 10.0 Å². The molecule has 8 nitrogen and oxygen atoms in total. The summed E-state index contributed by atoms with van der Waals surface area (Å²) in [5, 5.41) is 3.52. The number of halogens is 2. The summed E-state index contributed by atoms with van der Waals surface area (Å²) in [5.74, 6) is -0.463. The van der Waals surface area contributed by atoms with Crippen molar-refractivity contribution in [2.24, 2.45) is 0 Å². The number of amides is 2. The molecule has 0 spiro atoms. The quantitative estimate of drug-likeness (QED) is 0.275. The number of hydrogen-bond acceptors (Lipinski definition) is 5.